The first kappa shape index (κ1) is 16.7. The van der Waals surface area contributed by atoms with Crippen LogP contribution in [0.3, 0.4) is 0 Å². The van der Waals surface area contributed by atoms with Gasteiger partial charge in [-0.1, -0.05) is 6.07 Å². The molecule has 7 heteroatoms. The number of carbonyl (C=O) groups excluding carboxylic acids is 1. The van der Waals surface area contributed by atoms with Crippen LogP contribution in [-0.4, -0.2) is 29.0 Å². The molecule has 1 aromatic heterocycles. The summed E-state index contributed by atoms with van der Waals surface area (Å²) in [5.74, 6) is 1.36. The molecule has 0 unspecified atom stereocenters. The van der Waals surface area contributed by atoms with Crippen molar-refractivity contribution in [3.8, 4) is 0 Å². The van der Waals surface area contributed by atoms with Crippen LogP contribution in [0.1, 0.15) is 26.2 Å². The fourth-order valence-electron chi connectivity index (χ4n) is 2.68. The molecule has 0 saturated carbocycles. The van der Waals surface area contributed by atoms with Crippen molar-refractivity contribution in [1.29, 1.82) is 0 Å². The van der Waals surface area contributed by atoms with Gasteiger partial charge in [-0.25, -0.2) is 4.98 Å². The Morgan fingerprint density at radius 1 is 1.29 bits per heavy atom. The maximum absolute atomic E-state index is 12.0. The van der Waals surface area contributed by atoms with E-state index in [1.165, 1.54) is 0 Å². The first-order chi connectivity index (χ1) is 11.6. The zero-order valence-corrected chi connectivity index (χ0v) is 15.1. The first-order valence-corrected chi connectivity index (χ1v) is 8.84. The van der Waals surface area contributed by atoms with E-state index in [0.717, 1.165) is 54.0 Å². The summed E-state index contributed by atoms with van der Waals surface area (Å²) in [5.41, 5.74) is 1.74. The molecular weight excluding hydrogens is 370 g/mol. The minimum Gasteiger partial charge on any atom is -0.369 e. The summed E-state index contributed by atoms with van der Waals surface area (Å²) in [6.45, 7) is 3.17. The average Bonchev–Trinajstić information content (AvgIpc) is 2.56. The van der Waals surface area contributed by atoms with Crippen molar-refractivity contribution in [2.24, 2.45) is 0 Å². The van der Waals surface area contributed by atoms with E-state index < -0.39 is 0 Å². The molecule has 126 valence electrons. The zero-order chi connectivity index (χ0) is 16.9. The highest BCUT2D eigenvalue weighted by atomic mass is 79.9. The van der Waals surface area contributed by atoms with Crippen LogP contribution >= 0.6 is 15.9 Å². The SMILES string of the molecule is CC(=O)N1CCCCCNc2nc(ncc2Br)Nc2cccc1c2. The average molecular weight is 390 g/mol. The summed E-state index contributed by atoms with van der Waals surface area (Å²) in [7, 11) is 0. The van der Waals surface area contributed by atoms with Gasteiger partial charge in [0.1, 0.15) is 5.82 Å². The quantitative estimate of drug-likeness (QED) is 0.713. The van der Waals surface area contributed by atoms with Crippen molar-refractivity contribution in [2.75, 3.05) is 28.6 Å². The molecule has 0 spiro atoms. The number of fused-ring (bicyclic) bond motifs is 4. The largest absolute Gasteiger partial charge is 0.369 e. The van der Waals surface area contributed by atoms with E-state index >= 15 is 0 Å². The highest BCUT2D eigenvalue weighted by Gasteiger charge is 2.13. The van der Waals surface area contributed by atoms with Crippen LogP contribution in [0.25, 0.3) is 0 Å². The van der Waals surface area contributed by atoms with Crippen LogP contribution in [0, 0.1) is 0 Å². The Morgan fingerprint density at radius 2 is 2.17 bits per heavy atom. The minimum atomic E-state index is 0.0551. The Balaban J connectivity index is 1.95. The third-order valence-corrected chi connectivity index (χ3v) is 4.47. The molecule has 1 aromatic carbocycles. The number of nitrogens with one attached hydrogen (secondary N) is 2. The van der Waals surface area contributed by atoms with Gasteiger partial charge in [-0.15, -0.1) is 0 Å². The van der Waals surface area contributed by atoms with Gasteiger partial charge in [0.25, 0.3) is 0 Å². The van der Waals surface area contributed by atoms with Gasteiger partial charge in [-0.2, -0.15) is 4.98 Å². The number of nitrogens with zero attached hydrogens (tertiary/aromatic N) is 3. The number of benzene rings is 1. The number of aromatic nitrogens is 2. The lowest BCUT2D eigenvalue weighted by Gasteiger charge is -2.22. The van der Waals surface area contributed by atoms with Crippen molar-refractivity contribution >= 4 is 45.0 Å². The van der Waals surface area contributed by atoms with E-state index in [0.29, 0.717) is 5.95 Å². The predicted octanol–water partition coefficient (Wildman–Crippen LogP) is 3.93. The van der Waals surface area contributed by atoms with Crippen LogP contribution in [0.2, 0.25) is 0 Å². The molecule has 0 saturated heterocycles. The monoisotopic (exact) mass is 389 g/mol. The van der Waals surface area contributed by atoms with E-state index in [1.807, 2.05) is 29.2 Å². The van der Waals surface area contributed by atoms with E-state index in [1.54, 1.807) is 13.1 Å². The van der Waals surface area contributed by atoms with Gasteiger partial charge in [0.15, 0.2) is 0 Å². The van der Waals surface area contributed by atoms with Crippen molar-refractivity contribution in [2.45, 2.75) is 26.2 Å². The van der Waals surface area contributed by atoms with Crippen LogP contribution in [-0.2, 0) is 4.79 Å². The summed E-state index contributed by atoms with van der Waals surface area (Å²) in [6.07, 6.45) is 4.76. The van der Waals surface area contributed by atoms with Gasteiger partial charge in [0, 0.05) is 37.6 Å². The summed E-state index contributed by atoms with van der Waals surface area (Å²) < 4.78 is 0.844. The minimum absolute atomic E-state index is 0.0551. The van der Waals surface area contributed by atoms with Gasteiger partial charge in [-0.3, -0.25) is 4.79 Å². The summed E-state index contributed by atoms with van der Waals surface area (Å²) in [5, 5.41) is 6.53. The maximum Gasteiger partial charge on any atom is 0.229 e. The topological polar surface area (TPSA) is 70.2 Å². The van der Waals surface area contributed by atoms with Crippen molar-refractivity contribution in [3.63, 3.8) is 0 Å². The van der Waals surface area contributed by atoms with Crippen molar-refractivity contribution in [1.82, 2.24) is 9.97 Å². The molecule has 3 rings (SSSR count). The highest BCUT2D eigenvalue weighted by Crippen LogP contribution is 2.25. The summed E-state index contributed by atoms with van der Waals surface area (Å²) >= 11 is 3.47. The molecule has 2 heterocycles. The lowest BCUT2D eigenvalue weighted by atomic mass is 10.2. The van der Waals surface area contributed by atoms with Crippen LogP contribution in [0.15, 0.2) is 34.9 Å². The number of hydrogen-bond donors (Lipinski definition) is 2. The van der Waals surface area contributed by atoms with E-state index in [2.05, 4.69) is 36.5 Å². The Labute approximate surface area is 149 Å². The van der Waals surface area contributed by atoms with Gasteiger partial charge in [0.2, 0.25) is 11.9 Å². The van der Waals surface area contributed by atoms with Crippen LogP contribution < -0.4 is 15.5 Å². The second-order valence-electron chi connectivity index (χ2n) is 5.72. The van der Waals surface area contributed by atoms with Gasteiger partial charge < -0.3 is 15.5 Å². The number of halogens is 1. The molecule has 2 aromatic rings. The molecule has 0 radical (unpaired) electrons. The standard InChI is InChI=1S/C17H20BrN5O/c1-12(24)23-9-4-2-3-8-19-16-15(18)11-20-17(22-16)21-13-6-5-7-14(23)10-13/h5-7,10-11H,2-4,8-9H2,1H3,(H2,19,20,21,22). The Bertz CT molecular complexity index is 737. The second kappa shape index (κ2) is 7.61. The molecule has 0 aliphatic carbocycles. The van der Waals surface area contributed by atoms with Crippen LogP contribution in [0.4, 0.5) is 23.1 Å². The fourth-order valence-corrected chi connectivity index (χ4v) is 3.01. The maximum atomic E-state index is 12.0. The third kappa shape index (κ3) is 4.03. The fraction of sp³-hybridized carbons (Fsp3) is 0.353. The van der Waals surface area contributed by atoms with Gasteiger partial charge in [0.05, 0.1) is 4.47 Å². The summed E-state index contributed by atoms with van der Waals surface area (Å²) in [4.78, 5) is 22.6. The number of anilines is 4. The normalized spacial score (nSPS) is 15.0. The van der Waals surface area contributed by atoms with Gasteiger partial charge in [-0.05, 0) is 53.4 Å². The third-order valence-electron chi connectivity index (χ3n) is 3.89. The zero-order valence-electron chi connectivity index (χ0n) is 13.6. The first-order valence-electron chi connectivity index (χ1n) is 8.05. The Morgan fingerprint density at radius 3 is 3.00 bits per heavy atom. The van der Waals surface area contributed by atoms with E-state index in [-0.39, 0.29) is 5.91 Å². The summed E-state index contributed by atoms with van der Waals surface area (Å²) in [6, 6.07) is 7.77. The lowest BCUT2D eigenvalue weighted by Crippen LogP contribution is -2.29. The molecule has 6 nitrogen and oxygen atoms in total. The molecular formula is C17H20BrN5O. The molecule has 2 N–H and O–H groups in total. The van der Waals surface area contributed by atoms with E-state index in [4.69, 9.17) is 0 Å². The molecule has 1 aliphatic rings. The van der Waals surface area contributed by atoms with Crippen molar-refractivity contribution in [3.05, 3.63) is 34.9 Å². The molecule has 1 aliphatic heterocycles. The number of carbonyl (C=O) groups is 1. The number of amides is 1. The number of hydrogen-bond acceptors (Lipinski definition) is 5. The Hall–Kier alpha value is -2.15. The Kier molecular flexibility index (Phi) is 5.30. The van der Waals surface area contributed by atoms with Crippen molar-refractivity contribution < 1.29 is 4.79 Å². The van der Waals surface area contributed by atoms with Gasteiger partial charge >= 0.3 is 0 Å². The smallest absolute Gasteiger partial charge is 0.229 e. The van der Waals surface area contributed by atoms with E-state index in [9.17, 15) is 4.79 Å². The highest BCUT2D eigenvalue weighted by molar-refractivity contribution is 9.10. The molecule has 0 atom stereocenters. The predicted molar refractivity (Wildman–Crippen MR) is 99.8 cm³/mol. The molecule has 0 fully saturated rings. The molecule has 24 heavy (non-hydrogen) atoms. The number of rotatable bonds is 0. The second-order valence-corrected chi connectivity index (χ2v) is 6.58. The van der Waals surface area contributed by atoms with Crippen LogP contribution in [0.5, 0.6) is 0 Å². The molecule has 1 amide bonds. The lowest BCUT2D eigenvalue weighted by molar-refractivity contribution is -0.116. The molecule has 4 bridgehead atoms.